The van der Waals surface area contributed by atoms with Gasteiger partial charge in [-0.3, -0.25) is 0 Å². The number of nitrogen functional groups attached to an aromatic ring is 1. The van der Waals surface area contributed by atoms with Crippen molar-refractivity contribution < 1.29 is 4.57 Å². The first-order valence-corrected chi connectivity index (χ1v) is 4.63. The summed E-state index contributed by atoms with van der Waals surface area (Å²) in [4.78, 5) is 0. The topological polar surface area (TPSA) is 29.9 Å². The molecule has 0 amide bonds. The van der Waals surface area contributed by atoms with Gasteiger partial charge in [-0.25, -0.2) is 4.57 Å². The SMILES string of the molecule is Cl.Nc1cc[n+](Cc2ccccc2)cc1. The van der Waals surface area contributed by atoms with Crippen LogP contribution in [0.5, 0.6) is 0 Å². The van der Waals surface area contributed by atoms with E-state index in [2.05, 4.69) is 16.7 Å². The Bertz CT molecular complexity index is 398. The third-order valence-corrected chi connectivity index (χ3v) is 2.12. The maximum absolute atomic E-state index is 5.61. The molecule has 0 unspecified atom stereocenters. The fourth-order valence-corrected chi connectivity index (χ4v) is 1.37. The smallest absolute Gasteiger partial charge is 0.173 e. The second kappa shape index (κ2) is 5.37. The van der Waals surface area contributed by atoms with Crippen LogP contribution >= 0.6 is 12.4 Å². The number of anilines is 1. The van der Waals surface area contributed by atoms with Crippen molar-refractivity contribution >= 4 is 18.1 Å². The number of halogens is 1. The number of aromatic nitrogens is 1. The molecule has 0 aliphatic carbocycles. The lowest BCUT2D eigenvalue weighted by Gasteiger charge is -1.97. The van der Waals surface area contributed by atoms with Crippen molar-refractivity contribution in [2.45, 2.75) is 6.54 Å². The molecule has 1 heterocycles. The summed E-state index contributed by atoms with van der Waals surface area (Å²) in [5.74, 6) is 0. The van der Waals surface area contributed by atoms with E-state index in [1.54, 1.807) is 0 Å². The molecule has 2 N–H and O–H groups in total. The molecule has 0 spiro atoms. The first kappa shape index (κ1) is 11.5. The molecule has 1 aromatic heterocycles. The minimum atomic E-state index is 0. The Kier molecular flexibility index (Phi) is 4.13. The minimum Gasteiger partial charge on any atom is -0.398 e. The Hall–Kier alpha value is -1.54. The fraction of sp³-hybridized carbons (Fsp3) is 0.0833. The highest BCUT2D eigenvalue weighted by Gasteiger charge is 2.00. The number of benzene rings is 1. The normalized spacial score (nSPS) is 9.33. The largest absolute Gasteiger partial charge is 0.398 e. The monoisotopic (exact) mass is 221 g/mol. The van der Waals surface area contributed by atoms with Crippen LogP contribution in [0, 0.1) is 0 Å². The van der Waals surface area contributed by atoms with Gasteiger partial charge in [0.05, 0.1) is 0 Å². The van der Waals surface area contributed by atoms with Gasteiger partial charge in [0.1, 0.15) is 0 Å². The molecule has 2 aromatic rings. The molecule has 15 heavy (non-hydrogen) atoms. The molecule has 0 atom stereocenters. The first-order chi connectivity index (χ1) is 6.84. The Morgan fingerprint density at radius 3 is 2.13 bits per heavy atom. The summed E-state index contributed by atoms with van der Waals surface area (Å²) in [6.45, 7) is 0.890. The van der Waals surface area contributed by atoms with Crippen molar-refractivity contribution in [2.24, 2.45) is 0 Å². The zero-order chi connectivity index (χ0) is 9.80. The Morgan fingerprint density at radius 2 is 1.53 bits per heavy atom. The van der Waals surface area contributed by atoms with Crippen molar-refractivity contribution in [3.8, 4) is 0 Å². The highest BCUT2D eigenvalue weighted by Crippen LogP contribution is 1.99. The number of hydrogen-bond donors (Lipinski definition) is 1. The van der Waals surface area contributed by atoms with Crippen LogP contribution in [-0.2, 0) is 6.54 Å². The van der Waals surface area contributed by atoms with E-state index in [1.807, 2.05) is 42.7 Å². The van der Waals surface area contributed by atoms with Crippen molar-refractivity contribution in [3.05, 3.63) is 60.4 Å². The lowest BCUT2D eigenvalue weighted by Crippen LogP contribution is -2.33. The molecule has 0 fully saturated rings. The fourth-order valence-electron chi connectivity index (χ4n) is 1.37. The summed E-state index contributed by atoms with van der Waals surface area (Å²) in [6, 6.07) is 14.2. The summed E-state index contributed by atoms with van der Waals surface area (Å²) in [6.07, 6.45) is 3.98. The molecule has 2 rings (SSSR count). The number of nitrogens with two attached hydrogens (primary N) is 1. The molecule has 1 aromatic carbocycles. The zero-order valence-corrected chi connectivity index (χ0v) is 9.15. The van der Waals surface area contributed by atoms with Gasteiger partial charge in [-0.2, -0.15) is 0 Å². The van der Waals surface area contributed by atoms with Gasteiger partial charge in [-0.05, 0) is 0 Å². The number of hydrogen-bond acceptors (Lipinski definition) is 1. The van der Waals surface area contributed by atoms with Crippen LogP contribution in [0.15, 0.2) is 54.9 Å². The van der Waals surface area contributed by atoms with Gasteiger partial charge in [0, 0.05) is 23.4 Å². The molecular formula is C12H14ClN2+. The van der Waals surface area contributed by atoms with Crippen LogP contribution < -0.4 is 10.3 Å². The second-order valence-corrected chi connectivity index (χ2v) is 3.29. The van der Waals surface area contributed by atoms with E-state index < -0.39 is 0 Å². The van der Waals surface area contributed by atoms with Gasteiger partial charge in [-0.1, -0.05) is 30.3 Å². The Morgan fingerprint density at radius 1 is 0.933 bits per heavy atom. The number of rotatable bonds is 2. The molecule has 3 heteroatoms. The maximum Gasteiger partial charge on any atom is 0.173 e. The zero-order valence-electron chi connectivity index (χ0n) is 8.34. The third-order valence-electron chi connectivity index (χ3n) is 2.12. The summed E-state index contributed by atoms with van der Waals surface area (Å²) in [5, 5.41) is 0. The minimum absolute atomic E-state index is 0. The van der Waals surface area contributed by atoms with E-state index in [0.717, 1.165) is 12.2 Å². The van der Waals surface area contributed by atoms with Crippen LogP contribution in [0.1, 0.15) is 5.56 Å². The average Bonchev–Trinajstić information content (AvgIpc) is 2.23. The second-order valence-electron chi connectivity index (χ2n) is 3.29. The lowest BCUT2D eigenvalue weighted by atomic mass is 10.2. The molecule has 0 radical (unpaired) electrons. The lowest BCUT2D eigenvalue weighted by molar-refractivity contribution is -0.688. The van der Waals surface area contributed by atoms with E-state index in [-0.39, 0.29) is 12.4 Å². The molecule has 0 bridgehead atoms. The van der Waals surface area contributed by atoms with E-state index in [0.29, 0.717) is 0 Å². The summed E-state index contributed by atoms with van der Waals surface area (Å²) < 4.78 is 2.10. The molecule has 2 nitrogen and oxygen atoms in total. The van der Waals surface area contributed by atoms with Gasteiger partial charge >= 0.3 is 0 Å². The van der Waals surface area contributed by atoms with Crippen LogP contribution in [0.4, 0.5) is 5.69 Å². The van der Waals surface area contributed by atoms with E-state index in [4.69, 9.17) is 5.73 Å². The van der Waals surface area contributed by atoms with Crippen molar-refractivity contribution in [2.75, 3.05) is 5.73 Å². The highest BCUT2D eigenvalue weighted by atomic mass is 35.5. The first-order valence-electron chi connectivity index (χ1n) is 4.63. The van der Waals surface area contributed by atoms with Gasteiger partial charge < -0.3 is 5.73 Å². The molecule has 0 aliphatic rings. The Balaban J connectivity index is 0.00000112. The van der Waals surface area contributed by atoms with Gasteiger partial charge in [-0.15, -0.1) is 12.4 Å². The van der Waals surface area contributed by atoms with Crippen LogP contribution in [0.2, 0.25) is 0 Å². The van der Waals surface area contributed by atoms with Gasteiger partial charge in [0.25, 0.3) is 0 Å². The molecule has 78 valence electrons. The molecule has 0 aliphatic heterocycles. The van der Waals surface area contributed by atoms with Gasteiger partial charge in [0.2, 0.25) is 0 Å². The predicted octanol–water partition coefficient (Wildman–Crippen LogP) is 2.03. The quantitative estimate of drug-likeness (QED) is 0.773. The van der Waals surface area contributed by atoms with Crippen molar-refractivity contribution in [3.63, 3.8) is 0 Å². The molecular weight excluding hydrogens is 208 g/mol. The third kappa shape index (κ3) is 3.26. The summed E-state index contributed by atoms with van der Waals surface area (Å²) >= 11 is 0. The average molecular weight is 222 g/mol. The Labute approximate surface area is 95.8 Å². The number of nitrogens with zero attached hydrogens (tertiary/aromatic N) is 1. The van der Waals surface area contributed by atoms with Gasteiger partial charge in [0.15, 0.2) is 18.9 Å². The highest BCUT2D eigenvalue weighted by molar-refractivity contribution is 5.85. The van der Waals surface area contributed by atoms with E-state index in [1.165, 1.54) is 5.56 Å². The molecule has 0 saturated heterocycles. The summed E-state index contributed by atoms with van der Waals surface area (Å²) in [5.41, 5.74) is 7.70. The standard InChI is InChI=1S/C12H12N2.ClH/c13-12-6-8-14(9-7-12)10-11-4-2-1-3-5-11;/h1-9,13H,10H2;1H/p+1. The van der Waals surface area contributed by atoms with Crippen molar-refractivity contribution in [1.29, 1.82) is 0 Å². The maximum atomic E-state index is 5.61. The molecule has 0 saturated carbocycles. The van der Waals surface area contributed by atoms with E-state index in [9.17, 15) is 0 Å². The van der Waals surface area contributed by atoms with E-state index >= 15 is 0 Å². The van der Waals surface area contributed by atoms with Crippen LogP contribution in [-0.4, -0.2) is 0 Å². The van der Waals surface area contributed by atoms with Crippen LogP contribution in [0.3, 0.4) is 0 Å². The number of pyridine rings is 1. The van der Waals surface area contributed by atoms with Crippen LogP contribution in [0.25, 0.3) is 0 Å². The van der Waals surface area contributed by atoms with Crippen molar-refractivity contribution in [1.82, 2.24) is 0 Å². The predicted molar refractivity (Wildman–Crippen MR) is 63.8 cm³/mol. The summed E-state index contributed by atoms with van der Waals surface area (Å²) in [7, 11) is 0.